The first-order chi connectivity index (χ1) is 8.74. The van der Waals surface area contributed by atoms with E-state index < -0.39 is 0 Å². The molecule has 1 rings (SSSR count). The second kappa shape index (κ2) is 9.16. The summed E-state index contributed by atoms with van der Waals surface area (Å²) in [4.78, 5) is 0. The zero-order valence-corrected chi connectivity index (χ0v) is 12.0. The fourth-order valence-corrected chi connectivity index (χ4v) is 2.26. The minimum absolute atomic E-state index is 0.700. The van der Waals surface area contributed by atoms with Gasteiger partial charge in [0.25, 0.3) is 0 Å². The standard InChI is InChI=1S/C17H28N/c1-4-13-18-14-12-17(11-10-15(2)3)16-8-6-5-7-9-16/h5-9,15,17-18H,1,4,10-14H2,2-3H3. The van der Waals surface area contributed by atoms with Crippen LogP contribution in [-0.2, 0) is 0 Å². The van der Waals surface area contributed by atoms with Crippen molar-refractivity contribution >= 4 is 0 Å². The van der Waals surface area contributed by atoms with E-state index >= 15 is 0 Å². The molecular formula is C17H28N. The van der Waals surface area contributed by atoms with Crippen LogP contribution < -0.4 is 5.32 Å². The second-order valence-corrected chi connectivity index (χ2v) is 5.47. The van der Waals surface area contributed by atoms with Crippen LogP contribution in [-0.4, -0.2) is 13.1 Å². The van der Waals surface area contributed by atoms with Gasteiger partial charge in [-0.2, -0.15) is 0 Å². The topological polar surface area (TPSA) is 12.0 Å². The zero-order chi connectivity index (χ0) is 13.2. The van der Waals surface area contributed by atoms with Crippen molar-refractivity contribution in [2.45, 2.75) is 45.4 Å². The van der Waals surface area contributed by atoms with Gasteiger partial charge in [0.05, 0.1) is 0 Å². The number of hydrogen-bond acceptors (Lipinski definition) is 1. The molecule has 0 fully saturated rings. The Morgan fingerprint density at radius 2 is 1.72 bits per heavy atom. The lowest BCUT2D eigenvalue weighted by Crippen LogP contribution is -2.18. The van der Waals surface area contributed by atoms with Crippen molar-refractivity contribution in [1.29, 1.82) is 0 Å². The van der Waals surface area contributed by atoms with E-state index in [1.807, 2.05) is 0 Å². The third-order valence-corrected chi connectivity index (χ3v) is 3.39. The molecule has 0 saturated carbocycles. The molecule has 0 spiro atoms. The summed E-state index contributed by atoms with van der Waals surface area (Å²) >= 11 is 0. The van der Waals surface area contributed by atoms with Gasteiger partial charge in [0, 0.05) is 0 Å². The normalized spacial score (nSPS) is 12.9. The van der Waals surface area contributed by atoms with Crippen LogP contribution in [0.3, 0.4) is 0 Å². The van der Waals surface area contributed by atoms with Gasteiger partial charge >= 0.3 is 0 Å². The highest BCUT2D eigenvalue weighted by Gasteiger charge is 2.11. The second-order valence-electron chi connectivity index (χ2n) is 5.47. The molecule has 0 amide bonds. The summed E-state index contributed by atoms with van der Waals surface area (Å²) in [7, 11) is 0. The van der Waals surface area contributed by atoms with Crippen LogP contribution in [0.25, 0.3) is 0 Å². The van der Waals surface area contributed by atoms with Crippen LogP contribution in [0.1, 0.15) is 51.0 Å². The van der Waals surface area contributed by atoms with Gasteiger partial charge in [-0.25, -0.2) is 0 Å². The molecule has 0 saturated heterocycles. The maximum absolute atomic E-state index is 3.86. The Kier molecular flexibility index (Phi) is 7.75. The van der Waals surface area contributed by atoms with Gasteiger partial charge in [0.2, 0.25) is 0 Å². The molecule has 1 N–H and O–H groups in total. The fourth-order valence-electron chi connectivity index (χ4n) is 2.26. The van der Waals surface area contributed by atoms with Gasteiger partial charge in [0.15, 0.2) is 0 Å². The molecule has 1 unspecified atom stereocenters. The lowest BCUT2D eigenvalue weighted by atomic mass is 9.89. The van der Waals surface area contributed by atoms with E-state index in [2.05, 4.69) is 56.4 Å². The van der Waals surface area contributed by atoms with Crippen LogP contribution in [0.15, 0.2) is 30.3 Å². The highest BCUT2D eigenvalue weighted by molar-refractivity contribution is 5.19. The molecule has 101 valence electrons. The quantitative estimate of drug-likeness (QED) is 0.636. The smallest absolute Gasteiger partial charge is 0.00431 e. The van der Waals surface area contributed by atoms with Crippen molar-refractivity contribution in [1.82, 2.24) is 5.32 Å². The predicted molar refractivity (Wildman–Crippen MR) is 80.7 cm³/mol. The summed E-state index contributed by atoms with van der Waals surface area (Å²) in [5, 5.41) is 3.46. The zero-order valence-electron chi connectivity index (χ0n) is 12.0. The SMILES string of the molecule is [CH2]CCNCCC(CCC(C)C)c1ccccc1. The van der Waals surface area contributed by atoms with Crippen LogP contribution in [0.5, 0.6) is 0 Å². The highest BCUT2D eigenvalue weighted by Crippen LogP contribution is 2.26. The van der Waals surface area contributed by atoms with E-state index in [-0.39, 0.29) is 0 Å². The maximum Gasteiger partial charge on any atom is -0.00431 e. The number of hydrogen-bond donors (Lipinski definition) is 1. The molecule has 0 heterocycles. The number of rotatable bonds is 9. The molecular weight excluding hydrogens is 218 g/mol. The van der Waals surface area contributed by atoms with Crippen molar-refractivity contribution in [3.05, 3.63) is 42.8 Å². The van der Waals surface area contributed by atoms with E-state index in [1.54, 1.807) is 0 Å². The van der Waals surface area contributed by atoms with E-state index in [9.17, 15) is 0 Å². The first-order valence-corrected chi connectivity index (χ1v) is 7.29. The lowest BCUT2D eigenvalue weighted by Gasteiger charge is -2.19. The van der Waals surface area contributed by atoms with E-state index in [1.165, 1.54) is 24.8 Å². The first-order valence-electron chi connectivity index (χ1n) is 7.29. The summed E-state index contributed by atoms with van der Waals surface area (Å²) in [5.74, 6) is 1.50. The molecule has 1 aromatic carbocycles. The van der Waals surface area contributed by atoms with Crippen molar-refractivity contribution in [3.8, 4) is 0 Å². The molecule has 1 heteroatoms. The summed E-state index contributed by atoms with van der Waals surface area (Å²) in [6.45, 7) is 10.6. The lowest BCUT2D eigenvalue weighted by molar-refractivity contribution is 0.470. The molecule has 1 aromatic rings. The van der Waals surface area contributed by atoms with E-state index in [0.717, 1.165) is 25.4 Å². The maximum atomic E-state index is 3.86. The van der Waals surface area contributed by atoms with Gasteiger partial charge in [-0.15, -0.1) is 0 Å². The molecule has 0 aliphatic heterocycles. The Morgan fingerprint density at radius 3 is 2.33 bits per heavy atom. The third kappa shape index (κ3) is 6.20. The van der Waals surface area contributed by atoms with E-state index in [4.69, 9.17) is 0 Å². The Labute approximate surface area is 113 Å². The minimum Gasteiger partial charge on any atom is -0.317 e. The van der Waals surface area contributed by atoms with Gasteiger partial charge in [-0.1, -0.05) is 57.5 Å². The highest BCUT2D eigenvalue weighted by atomic mass is 14.8. The Morgan fingerprint density at radius 1 is 1.00 bits per heavy atom. The largest absolute Gasteiger partial charge is 0.317 e. The van der Waals surface area contributed by atoms with Gasteiger partial charge in [-0.3, -0.25) is 0 Å². The molecule has 1 atom stereocenters. The van der Waals surface area contributed by atoms with E-state index in [0.29, 0.717) is 5.92 Å². The molecule has 0 aromatic heterocycles. The predicted octanol–water partition coefficient (Wildman–Crippen LogP) is 4.41. The Balaban J connectivity index is 2.47. The fraction of sp³-hybridized carbons (Fsp3) is 0.588. The average Bonchev–Trinajstić information content (AvgIpc) is 2.38. The minimum atomic E-state index is 0.700. The first kappa shape index (κ1) is 15.2. The molecule has 1 nitrogen and oxygen atoms in total. The van der Waals surface area contributed by atoms with Crippen LogP contribution >= 0.6 is 0 Å². The van der Waals surface area contributed by atoms with Crippen molar-refractivity contribution in [3.63, 3.8) is 0 Å². The summed E-state index contributed by atoms with van der Waals surface area (Å²) in [5.41, 5.74) is 1.49. The monoisotopic (exact) mass is 246 g/mol. The van der Waals surface area contributed by atoms with Crippen LogP contribution in [0.2, 0.25) is 0 Å². The van der Waals surface area contributed by atoms with Gasteiger partial charge in [0.1, 0.15) is 0 Å². The number of benzene rings is 1. The Hall–Kier alpha value is -0.820. The molecule has 0 aliphatic carbocycles. The molecule has 18 heavy (non-hydrogen) atoms. The third-order valence-electron chi connectivity index (χ3n) is 3.39. The van der Waals surface area contributed by atoms with Crippen molar-refractivity contribution in [2.75, 3.05) is 13.1 Å². The molecule has 1 radical (unpaired) electrons. The van der Waals surface area contributed by atoms with Gasteiger partial charge in [-0.05, 0) is 49.8 Å². The van der Waals surface area contributed by atoms with Crippen LogP contribution in [0, 0.1) is 12.8 Å². The summed E-state index contributed by atoms with van der Waals surface area (Å²) in [6, 6.07) is 10.9. The Bertz CT molecular complexity index is 292. The average molecular weight is 246 g/mol. The molecule has 0 aliphatic rings. The summed E-state index contributed by atoms with van der Waals surface area (Å²) in [6.07, 6.45) is 4.82. The van der Waals surface area contributed by atoms with Crippen LogP contribution in [0.4, 0.5) is 0 Å². The summed E-state index contributed by atoms with van der Waals surface area (Å²) < 4.78 is 0. The number of nitrogens with one attached hydrogen (secondary N) is 1. The molecule has 0 bridgehead atoms. The van der Waals surface area contributed by atoms with Gasteiger partial charge < -0.3 is 5.32 Å². The van der Waals surface area contributed by atoms with Crippen molar-refractivity contribution < 1.29 is 0 Å². The van der Waals surface area contributed by atoms with Crippen molar-refractivity contribution in [2.24, 2.45) is 5.92 Å².